The summed E-state index contributed by atoms with van der Waals surface area (Å²) in [6.45, 7) is 7.51. The van der Waals surface area contributed by atoms with E-state index in [0.717, 1.165) is 16.5 Å². The van der Waals surface area contributed by atoms with Crippen molar-refractivity contribution in [2.45, 2.75) is 65.2 Å². The minimum absolute atomic E-state index is 0.173. The van der Waals surface area contributed by atoms with Crippen molar-refractivity contribution in [1.29, 1.82) is 0 Å². The SMILES string of the molecule is Cc1cc(=O)oc2cc(NC(=O)C(CCCCNC(=O)OCc3ccccc3)NC(=O)OC(C)(C)C)ccc12. The lowest BCUT2D eigenvalue weighted by Crippen LogP contribution is -2.45. The molecule has 3 amide bonds. The van der Waals surface area contributed by atoms with Crippen LogP contribution in [0.2, 0.25) is 0 Å². The quantitative estimate of drug-likeness (QED) is 0.244. The maximum absolute atomic E-state index is 13.1. The lowest BCUT2D eigenvalue weighted by atomic mass is 10.1. The Morgan fingerprint density at radius 1 is 0.974 bits per heavy atom. The molecule has 1 atom stereocenters. The number of anilines is 1. The Hall–Kier alpha value is -4.34. The van der Waals surface area contributed by atoms with Gasteiger partial charge in [-0.05, 0) is 70.2 Å². The standard InChI is InChI=1S/C29H35N3O7/c1-19-16-25(33)38-24-17-21(13-14-22(19)24)31-26(34)23(32-28(36)39-29(2,3)4)12-8-9-15-30-27(35)37-18-20-10-6-5-7-11-20/h5-7,10-11,13-14,16-17,23H,8-9,12,15,18H2,1-4H3,(H,30,35)(H,31,34)(H,32,36). The third-order valence-electron chi connectivity index (χ3n) is 5.63. The normalized spacial score (nSPS) is 11.9. The fourth-order valence-electron chi connectivity index (χ4n) is 3.79. The van der Waals surface area contributed by atoms with Crippen molar-refractivity contribution in [3.63, 3.8) is 0 Å². The molecule has 1 aromatic heterocycles. The van der Waals surface area contributed by atoms with Crippen LogP contribution in [0.4, 0.5) is 15.3 Å². The number of benzene rings is 2. The van der Waals surface area contributed by atoms with E-state index in [2.05, 4.69) is 16.0 Å². The monoisotopic (exact) mass is 537 g/mol. The zero-order valence-electron chi connectivity index (χ0n) is 22.7. The topological polar surface area (TPSA) is 136 Å². The van der Waals surface area contributed by atoms with Crippen LogP contribution in [0.5, 0.6) is 0 Å². The molecule has 1 heterocycles. The number of aryl methyl sites for hydroxylation is 1. The predicted octanol–water partition coefficient (Wildman–Crippen LogP) is 5.03. The van der Waals surface area contributed by atoms with Gasteiger partial charge in [-0.2, -0.15) is 0 Å². The van der Waals surface area contributed by atoms with E-state index in [9.17, 15) is 19.2 Å². The molecule has 0 saturated carbocycles. The molecule has 0 aliphatic heterocycles. The maximum atomic E-state index is 13.1. The van der Waals surface area contributed by atoms with Gasteiger partial charge in [0.15, 0.2) is 0 Å². The number of ether oxygens (including phenoxy) is 2. The number of amides is 3. The summed E-state index contributed by atoms with van der Waals surface area (Å²) in [6, 6.07) is 14.9. The van der Waals surface area contributed by atoms with Crippen LogP contribution < -0.4 is 21.6 Å². The number of alkyl carbamates (subject to hydrolysis) is 2. The van der Waals surface area contributed by atoms with Gasteiger partial charge >= 0.3 is 17.8 Å². The summed E-state index contributed by atoms with van der Waals surface area (Å²) >= 11 is 0. The molecule has 208 valence electrons. The van der Waals surface area contributed by atoms with Gasteiger partial charge in [-0.1, -0.05) is 30.3 Å². The lowest BCUT2D eigenvalue weighted by Gasteiger charge is -2.23. The molecule has 10 heteroatoms. The van der Waals surface area contributed by atoms with E-state index in [-0.39, 0.29) is 6.61 Å². The second-order valence-corrected chi connectivity index (χ2v) is 10.1. The van der Waals surface area contributed by atoms with Crippen molar-refractivity contribution in [2.75, 3.05) is 11.9 Å². The minimum Gasteiger partial charge on any atom is -0.445 e. The highest BCUT2D eigenvalue weighted by Crippen LogP contribution is 2.21. The highest BCUT2D eigenvalue weighted by molar-refractivity contribution is 5.98. The number of fused-ring (bicyclic) bond motifs is 1. The van der Waals surface area contributed by atoms with Gasteiger partial charge in [-0.3, -0.25) is 4.79 Å². The third-order valence-corrected chi connectivity index (χ3v) is 5.63. The average molecular weight is 538 g/mol. The average Bonchev–Trinajstić information content (AvgIpc) is 2.85. The third kappa shape index (κ3) is 9.81. The molecule has 3 aromatic rings. The van der Waals surface area contributed by atoms with Crippen LogP contribution in [0.25, 0.3) is 11.0 Å². The van der Waals surface area contributed by atoms with E-state index in [4.69, 9.17) is 13.9 Å². The molecule has 3 N–H and O–H groups in total. The molecule has 0 spiro atoms. The molecule has 0 saturated heterocycles. The number of carbonyl (C=O) groups excluding carboxylic acids is 3. The Morgan fingerprint density at radius 3 is 2.44 bits per heavy atom. The van der Waals surface area contributed by atoms with Crippen molar-refractivity contribution >= 4 is 34.8 Å². The van der Waals surface area contributed by atoms with Gasteiger partial charge in [-0.25, -0.2) is 14.4 Å². The first-order chi connectivity index (χ1) is 18.5. The number of unbranched alkanes of at least 4 members (excludes halogenated alkanes) is 1. The van der Waals surface area contributed by atoms with Gasteiger partial charge in [-0.15, -0.1) is 0 Å². The molecule has 2 aromatic carbocycles. The van der Waals surface area contributed by atoms with Crippen LogP contribution in [-0.4, -0.2) is 36.3 Å². The first-order valence-electron chi connectivity index (χ1n) is 12.8. The van der Waals surface area contributed by atoms with Gasteiger partial charge in [0.1, 0.15) is 23.8 Å². The Balaban J connectivity index is 1.55. The first-order valence-corrected chi connectivity index (χ1v) is 12.8. The van der Waals surface area contributed by atoms with Crippen LogP contribution in [-0.2, 0) is 20.9 Å². The van der Waals surface area contributed by atoms with Gasteiger partial charge in [0.25, 0.3) is 0 Å². The summed E-state index contributed by atoms with van der Waals surface area (Å²) in [5, 5.41) is 8.84. The van der Waals surface area contributed by atoms with Crippen LogP contribution in [0, 0.1) is 6.92 Å². The van der Waals surface area contributed by atoms with Gasteiger partial charge in [0, 0.05) is 29.8 Å². The smallest absolute Gasteiger partial charge is 0.408 e. The Bertz CT molecular complexity index is 1350. The molecule has 3 rings (SSSR count). The Morgan fingerprint density at radius 2 is 1.72 bits per heavy atom. The molecule has 0 aliphatic carbocycles. The number of carbonyl (C=O) groups is 3. The second kappa shape index (κ2) is 13.5. The Labute approximate surface area is 227 Å². The van der Waals surface area contributed by atoms with Crippen LogP contribution in [0.3, 0.4) is 0 Å². The highest BCUT2D eigenvalue weighted by atomic mass is 16.6. The number of hydrogen-bond donors (Lipinski definition) is 3. The summed E-state index contributed by atoms with van der Waals surface area (Å²) < 4.78 is 15.8. The number of rotatable bonds is 10. The van der Waals surface area contributed by atoms with E-state index in [1.54, 1.807) is 45.9 Å². The molecule has 0 bridgehead atoms. The molecule has 1 unspecified atom stereocenters. The molecule has 0 fully saturated rings. The van der Waals surface area contributed by atoms with Crippen LogP contribution in [0.1, 0.15) is 51.2 Å². The molecule has 0 aliphatic rings. The van der Waals surface area contributed by atoms with Gasteiger partial charge < -0.3 is 29.8 Å². The Kier molecular flexibility index (Phi) is 10.1. The highest BCUT2D eigenvalue weighted by Gasteiger charge is 2.24. The zero-order chi connectivity index (χ0) is 28.4. The summed E-state index contributed by atoms with van der Waals surface area (Å²) in [6.07, 6.45) is 0.135. The van der Waals surface area contributed by atoms with Crippen molar-refractivity contribution in [3.05, 3.63) is 76.1 Å². The van der Waals surface area contributed by atoms with E-state index < -0.39 is 35.4 Å². The zero-order valence-corrected chi connectivity index (χ0v) is 22.7. The molecular formula is C29H35N3O7. The molecule has 10 nitrogen and oxygen atoms in total. The number of nitrogens with one attached hydrogen (secondary N) is 3. The predicted molar refractivity (Wildman–Crippen MR) is 147 cm³/mol. The summed E-state index contributed by atoms with van der Waals surface area (Å²) in [7, 11) is 0. The summed E-state index contributed by atoms with van der Waals surface area (Å²) in [5.41, 5.74) is 1.20. The fraction of sp³-hybridized carbons (Fsp3) is 0.379. The van der Waals surface area contributed by atoms with Crippen molar-refractivity contribution in [1.82, 2.24) is 10.6 Å². The number of hydrogen-bond acceptors (Lipinski definition) is 7. The first kappa shape index (κ1) is 29.2. The summed E-state index contributed by atoms with van der Waals surface area (Å²) in [5.74, 6) is -0.453. The van der Waals surface area contributed by atoms with Crippen LogP contribution >= 0.6 is 0 Å². The second-order valence-electron chi connectivity index (χ2n) is 10.1. The maximum Gasteiger partial charge on any atom is 0.408 e. The van der Waals surface area contributed by atoms with Crippen LogP contribution in [0.15, 0.2) is 63.8 Å². The fourth-order valence-corrected chi connectivity index (χ4v) is 3.79. The molecule has 39 heavy (non-hydrogen) atoms. The van der Waals surface area contributed by atoms with Gasteiger partial charge in [0.2, 0.25) is 5.91 Å². The van der Waals surface area contributed by atoms with E-state index in [0.29, 0.717) is 37.1 Å². The lowest BCUT2D eigenvalue weighted by molar-refractivity contribution is -0.118. The van der Waals surface area contributed by atoms with Gasteiger partial charge in [0.05, 0.1) is 0 Å². The minimum atomic E-state index is -0.898. The van der Waals surface area contributed by atoms with E-state index >= 15 is 0 Å². The van der Waals surface area contributed by atoms with Crippen molar-refractivity contribution < 1.29 is 28.3 Å². The van der Waals surface area contributed by atoms with Crippen molar-refractivity contribution in [3.8, 4) is 0 Å². The molecular weight excluding hydrogens is 502 g/mol. The van der Waals surface area contributed by atoms with Crippen molar-refractivity contribution in [2.24, 2.45) is 0 Å². The van der Waals surface area contributed by atoms with E-state index in [1.165, 1.54) is 6.07 Å². The summed E-state index contributed by atoms with van der Waals surface area (Å²) in [4.78, 5) is 49.2. The largest absolute Gasteiger partial charge is 0.445 e. The van der Waals surface area contributed by atoms with E-state index in [1.807, 2.05) is 30.3 Å². The molecule has 0 radical (unpaired) electrons.